The Hall–Kier alpha value is -2.60. The number of carbonyl (C=O) groups is 1. The molecule has 2 heterocycles. The van der Waals surface area contributed by atoms with Crippen molar-refractivity contribution in [1.29, 1.82) is 5.26 Å². The molecule has 8 heteroatoms. The smallest absolute Gasteiger partial charge is 0.263 e. The van der Waals surface area contributed by atoms with Crippen molar-refractivity contribution < 1.29 is 14.3 Å². The summed E-state index contributed by atoms with van der Waals surface area (Å²) in [6.07, 6.45) is 1.48. The highest BCUT2D eigenvalue weighted by molar-refractivity contribution is 5.97. The molecule has 0 atom stereocenters. The van der Waals surface area contributed by atoms with Crippen LogP contribution >= 0.6 is 0 Å². The summed E-state index contributed by atoms with van der Waals surface area (Å²) in [5.74, 6) is -0.368. The van der Waals surface area contributed by atoms with Crippen molar-refractivity contribution in [2.45, 2.75) is 0 Å². The Bertz CT molecular complexity index is 719. The molecule has 0 bridgehead atoms. The summed E-state index contributed by atoms with van der Waals surface area (Å²) in [5.41, 5.74) is 1.95. The van der Waals surface area contributed by atoms with E-state index in [4.69, 9.17) is 9.47 Å². The summed E-state index contributed by atoms with van der Waals surface area (Å²) in [5, 5.41) is 15.3. The van der Waals surface area contributed by atoms with Gasteiger partial charge in [0.05, 0.1) is 37.8 Å². The molecule has 0 unspecified atom stereocenters. The molecule has 1 amide bonds. The Morgan fingerprint density at radius 2 is 1.79 bits per heavy atom. The highest BCUT2D eigenvalue weighted by Crippen LogP contribution is 2.26. The average Bonchev–Trinajstić information content (AvgIpc) is 2.76. The molecule has 0 radical (unpaired) electrons. The molecule has 1 aromatic carbocycles. The van der Waals surface area contributed by atoms with Crippen LogP contribution in [0, 0.1) is 11.3 Å². The predicted molar refractivity (Wildman–Crippen MR) is 107 cm³/mol. The van der Waals surface area contributed by atoms with E-state index < -0.39 is 0 Å². The van der Waals surface area contributed by atoms with Gasteiger partial charge in [-0.2, -0.15) is 5.26 Å². The predicted octanol–water partition coefficient (Wildman–Crippen LogP) is 0.791. The first-order valence-corrected chi connectivity index (χ1v) is 9.65. The maximum atomic E-state index is 12.3. The van der Waals surface area contributed by atoms with E-state index in [9.17, 15) is 10.1 Å². The van der Waals surface area contributed by atoms with Gasteiger partial charge in [-0.05, 0) is 12.1 Å². The Balaban J connectivity index is 1.55. The second-order valence-electron chi connectivity index (χ2n) is 6.64. The molecule has 3 rings (SSSR count). The third kappa shape index (κ3) is 5.70. The molecule has 2 fully saturated rings. The molecule has 2 aliphatic rings. The number of nitriles is 1. The van der Waals surface area contributed by atoms with Gasteiger partial charge in [0, 0.05) is 45.5 Å². The second kappa shape index (κ2) is 10.7. The molecule has 0 saturated carbocycles. The van der Waals surface area contributed by atoms with Crippen molar-refractivity contribution in [3.63, 3.8) is 0 Å². The molecule has 8 nitrogen and oxygen atoms in total. The van der Waals surface area contributed by atoms with Gasteiger partial charge >= 0.3 is 0 Å². The van der Waals surface area contributed by atoms with Crippen LogP contribution < -0.4 is 15.5 Å². The van der Waals surface area contributed by atoms with Crippen molar-refractivity contribution in [2.75, 3.05) is 75.9 Å². The Morgan fingerprint density at radius 1 is 1.11 bits per heavy atom. The fraction of sp³-hybridized carbons (Fsp3) is 0.500. The molecule has 2 saturated heterocycles. The monoisotopic (exact) mass is 385 g/mol. The van der Waals surface area contributed by atoms with Crippen LogP contribution in [0.2, 0.25) is 0 Å². The number of amides is 1. The molecule has 0 aromatic heterocycles. The molecular weight excluding hydrogens is 358 g/mol. The van der Waals surface area contributed by atoms with Crippen LogP contribution in [0.15, 0.2) is 36.0 Å². The van der Waals surface area contributed by atoms with Crippen molar-refractivity contribution in [3.8, 4) is 6.07 Å². The van der Waals surface area contributed by atoms with Crippen LogP contribution in [0.1, 0.15) is 0 Å². The number of nitrogens with one attached hydrogen (secondary N) is 2. The third-order valence-electron chi connectivity index (χ3n) is 4.81. The summed E-state index contributed by atoms with van der Waals surface area (Å²) in [6, 6.07) is 9.84. The van der Waals surface area contributed by atoms with E-state index in [2.05, 4.69) is 20.4 Å². The van der Waals surface area contributed by atoms with Gasteiger partial charge in [0.15, 0.2) is 0 Å². The summed E-state index contributed by atoms with van der Waals surface area (Å²) in [6.45, 7) is 7.47. The molecule has 2 aliphatic heterocycles. The molecular formula is C20H27N5O3. The van der Waals surface area contributed by atoms with Crippen LogP contribution in [0.25, 0.3) is 0 Å². The van der Waals surface area contributed by atoms with Crippen molar-refractivity contribution >= 4 is 17.3 Å². The van der Waals surface area contributed by atoms with E-state index in [1.807, 2.05) is 30.3 Å². The number of rotatable bonds is 7. The Kier molecular flexibility index (Phi) is 7.67. The first-order valence-electron chi connectivity index (χ1n) is 9.65. The van der Waals surface area contributed by atoms with Crippen LogP contribution in [0.4, 0.5) is 11.4 Å². The number of anilines is 2. The lowest BCUT2D eigenvalue weighted by Crippen LogP contribution is -2.41. The largest absolute Gasteiger partial charge is 0.379 e. The van der Waals surface area contributed by atoms with Crippen molar-refractivity contribution in [3.05, 3.63) is 36.0 Å². The van der Waals surface area contributed by atoms with E-state index in [0.29, 0.717) is 19.8 Å². The van der Waals surface area contributed by atoms with Gasteiger partial charge in [0.2, 0.25) is 0 Å². The van der Waals surface area contributed by atoms with E-state index >= 15 is 0 Å². The third-order valence-corrected chi connectivity index (χ3v) is 4.81. The van der Waals surface area contributed by atoms with Gasteiger partial charge < -0.3 is 25.0 Å². The van der Waals surface area contributed by atoms with Crippen LogP contribution in [-0.2, 0) is 14.3 Å². The van der Waals surface area contributed by atoms with Crippen LogP contribution in [-0.4, -0.2) is 76.5 Å². The van der Waals surface area contributed by atoms with E-state index in [1.165, 1.54) is 6.20 Å². The van der Waals surface area contributed by atoms with E-state index in [-0.39, 0.29) is 11.5 Å². The molecule has 28 heavy (non-hydrogen) atoms. The first-order chi connectivity index (χ1) is 13.8. The maximum absolute atomic E-state index is 12.3. The van der Waals surface area contributed by atoms with Gasteiger partial charge in [0.1, 0.15) is 11.6 Å². The maximum Gasteiger partial charge on any atom is 0.263 e. The van der Waals surface area contributed by atoms with E-state index in [0.717, 1.165) is 57.3 Å². The lowest BCUT2D eigenvalue weighted by Gasteiger charge is -2.30. The Labute approximate surface area is 165 Å². The zero-order valence-corrected chi connectivity index (χ0v) is 16.0. The summed E-state index contributed by atoms with van der Waals surface area (Å²) in [7, 11) is 0. The fourth-order valence-electron chi connectivity index (χ4n) is 3.22. The number of ether oxygens (including phenoxy) is 2. The first kappa shape index (κ1) is 20.1. The quantitative estimate of drug-likeness (QED) is 0.530. The van der Waals surface area contributed by atoms with Gasteiger partial charge in [-0.15, -0.1) is 0 Å². The Morgan fingerprint density at radius 3 is 2.50 bits per heavy atom. The topological polar surface area (TPSA) is 89.9 Å². The average molecular weight is 385 g/mol. The molecule has 1 aromatic rings. The lowest BCUT2D eigenvalue weighted by molar-refractivity contribution is -0.117. The number of nitrogens with zero attached hydrogens (tertiary/aromatic N) is 3. The standard InChI is InChI=1S/C20H27N5O3/c21-15-17(20(26)22-5-6-24-7-11-27-12-8-24)16-23-18-3-1-2-4-19(18)25-9-13-28-14-10-25/h1-4,16,23H,5-14H2,(H,22,26)/b17-16-. The molecule has 0 aliphatic carbocycles. The lowest BCUT2D eigenvalue weighted by atomic mass is 10.2. The van der Waals surface area contributed by atoms with Gasteiger partial charge in [0.25, 0.3) is 5.91 Å². The number of carbonyl (C=O) groups excluding carboxylic acids is 1. The highest BCUT2D eigenvalue weighted by Gasteiger charge is 2.15. The minimum atomic E-state index is -0.368. The molecule has 150 valence electrons. The number of benzene rings is 1. The summed E-state index contributed by atoms with van der Waals surface area (Å²) >= 11 is 0. The highest BCUT2D eigenvalue weighted by atomic mass is 16.5. The summed E-state index contributed by atoms with van der Waals surface area (Å²) < 4.78 is 10.7. The summed E-state index contributed by atoms with van der Waals surface area (Å²) in [4.78, 5) is 16.8. The fourth-order valence-corrected chi connectivity index (χ4v) is 3.22. The SMILES string of the molecule is N#C/C(=C/Nc1ccccc1N1CCOCC1)C(=O)NCCN1CCOCC1. The van der Waals surface area contributed by atoms with E-state index in [1.54, 1.807) is 0 Å². The molecule has 2 N–H and O–H groups in total. The number of hydrogen-bond donors (Lipinski definition) is 2. The number of para-hydroxylation sites is 2. The molecule has 0 spiro atoms. The van der Waals surface area contributed by atoms with Crippen molar-refractivity contribution in [1.82, 2.24) is 10.2 Å². The normalized spacial score (nSPS) is 18.4. The van der Waals surface area contributed by atoms with Crippen molar-refractivity contribution in [2.24, 2.45) is 0 Å². The zero-order valence-electron chi connectivity index (χ0n) is 16.0. The second-order valence-corrected chi connectivity index (χ2v) is 6.64. The minimum Gasteiger partial charge on any atom is -0.379 e. The van der Waals surface area contributed by atoms with Crippen LogP contribution in [0.5, 0.6) is 0 Å². The minimum absolute atomic E-state index is 0.0544. The zero-order chi connectivity index (χ0) is 19.6. The van der Waals surface area contributed by atoms with Gasteiger partial charge in [-0.1, -0.05) is 12.1 Å². The number of hydrogen-bond acceptors (Lipinski definition) is 7. The van der Waals surface area contributed by atoms with Gasteiger partial charge in [-0.25, -0.2) is 0 Å². The number of morpholine rings is 2. The van der Waals surface area contributed by atoms with Gasteiger partial charge in [-0.3, -0.25) is 9.69 Å². The van der Waals surface area contributed by atoms with Crippen LogP contribution in [0.3, 0.4) is 0 Å².